The van der Waals surface area contributed by atoms with E-state index in [-0.39, 0.29) is 16.9 Å². The Bertz CT molecular complexity index is 637. The molecule has 8 heteroatoms. The highest BCUT2D eigenvalue weighted by atomic mass is 32.2. The van der Waals surface area contributed by atoms with Crippen molar-refractivity contribution >= 4 is 27.6 Å². The summed E-state index contributed by atoms with van der Waals surface area (Å²) >= 11 is 0. The molecule has 0 atom stereocenters. The fourth-order valence-electron chi connectivity index (χ4n) is 2.22. The largest absolute Gasteiger partial charge is 0.478 e. The first kappa shape index (κ1) is 15.6. The monoisotopic (exact) mass is 313 g/mol. The number of nitrogen functional groups attached to an aromatic ring is 1. The van der Waals surface area contributed by atoms with Gasteiger partial charge in [-0.3, -0.25) is 4.72 Å². The summed E-state index contributed by atoms with van der Waals surface area (Å²) in [5.74, 6) is -0.586. The van der Waals surface area contributed by atoms with Crippen molar-refractivity contribution in [2.45, 2.75) is 19.8 Å². The number of hydrogen-bond acceptors (Lipinski definition) is 4. The third-order valence-corrected chi connectivity index (χ3v) is 5.14. The standard InChI is InChI=1S/C13H19N3O4S/c1-9-4-6-16(7-5-9)21(19,20)15-12-3-2-10(13(17)18)8-11(12)14/h2-3,8-9,15H,4-7,14H2,1H3,(H,17,18). The Morgan fingerprint density at radius 2 is 2.00 bits per heavy atom. The summed E-state index contributed by atoms with van der Waals surface area (Å²) in [6.45, 7) is 3.05. The Morgan fingerprint density at radius 3 is 2.52 bits per heavy atom. The molecule has 0 unspecified atom stereocenters. The Kier molecular flexibility index (Phi) is 4.38. The van der Waals surface area contributed by atoms with Gasteiger partial charge in [0.05, 0.1) is 16.9 Å². The van der Waals surface area contributed by atoms with Crippen LogP contribution in [0.4, 0.5) is 11.4 Å². The minimum absolute atomic E-state index is 0.0160. The van der Waals surface area contributed by atoms with Gasteiger partial charge >= 0.3 is 16.2 Å². The van der Waals surface area contributed by atoms with Crippen molar-refractivity contribution < 1.29 is 18.3 Å². The van der Waals surface area contributed by atoms with E-state index in [1.807, 2.05) is 0 Å². The Balaban J connectivity index is 2.15. The van der Waals surface area contributed by atoms with E-state index < -0.39 is 16.2 Å². The molecule has 0 aromatic heterocycles. The molecule has 0 radical (unpaired) electrons. The molecule has 21 heavy (non-hydrogen) atoms. The molecular weight excluding hydrogens is 294 g/mol. The van der Waals surface area contributed by atoms with Crippen LogP contribution in [0, 0.1) is 5.92 Å². The van der Waals surface area contributed by atoms with Gasteiger partial charge in [0.1, 0.15) is 0 Å². The second-order valence-corrected chi connectivity index (χ2v) is 6.97. The van der Waals surface area contributed by atoms with Gasteiger partial charge in [0, 0.05) is 13.1 Å². The van der Waals surface area contributed by atoms with Crippen LogP contribution in [-0.2, 0) is 10.2 Å². The van der Waals surface area contributed by atoms with Crippen LogP contribution in [0.2, 0.25) is 0 Å². The minimum atomic E-state index is -3.66. The average Bonchev–Trinajstić information content (AvgIpc) is 2.41. The molecule has 0 aliphatic carbocycles. The topological polar surface area (TPSA) is 113 Å². The number of aromatic carboxylic acids is 1. The van der Waals surface area contributed by atoms with Crippen LogP contribution in [0.15, 0.2) is 18.2 Å². The summed E-state index contributed by atoms with van der Waals surface area (Å²) in [4.78, 5) is 10.8. The number of carboxylic acid groups (broad SMARTS) is 1. The molecule has 0 saturated carbocycles. The van der Waals surface area contributed by atoms with E-state index in [1.54, 1.807) is 0 Å². The third kappa shape index (κ3) is 3.64. The van der Waals surface area contributed by atoms with Crippen molar-refractivity contribution in [2.24, 2.45) is 5.92 Å². The van der Waals surface area contributed by atoms with Gasteiger partial charge in [-0.15, -0.1) is 0 Å². The first-order valence-corrected chi connectivity index (χ1v) is 8.14. The van der Waals surface area contributed by atoms with E-state index in [0.717, 1.165) is 12.8 Å². The molecule has 1 saturated heterocycles. The molecule has 1 aliphatic heterocycles. The van der Waals surface area contributed by atoms with Gasteiger partial charge < -0.3 is 10.8 Å². The van der Waals surface area contributed by atoms with E-state index in [9.17, 15) is 13.2 Å². The zero-order valence-corrected chi connectivity index (χ0v) is 12.6. The molecule has 7 nitrogen and oxygen atoms in total. The lowest BCUT2D eigenvalue weighted by molar-refractivity contribution is 0.0697. The first-order valence-electron chi connectivity index (χ1n) is 6.70. The van der Waals surface area contributed by atoms with E-state index in [4.69, 9.17) is 10.8 Å². The van der Waals surface area contributed by atoms with E-state index >= 15 is 0 Å². The summed E-state index contributed by atoms with van der Waals surface area (Å²) in [6, 6.07) is 3.91. The highest BCUT2D eigenvalue weighted by Gasteiger charge is 2.26. The average molecular weight is 313 g/mol. The van der Waals surface area contributed by atoms with Gasteiger partial charge in [-0.25, -0.2) is 4.79 Å². The van der Waals surface area contributed by atoms with Crippen molar-refractivity contribution in [3.05, 3.63) is 23.8 Å². The number of nitrogens with zero attached hydrogens (tertiary/aromatic N) is 1. The molecule has 116 valence electrons. The van der Waals surface area contributed by atoms with Crippen molar-refractivity contribution in [1.82, 2.24) is 4.31 Å². The number of carbonyl (C=O) groups is 1. The molecule has 1 aromatic carbocycles. The molecule has 1 aromatic rings. The lowest BCUT2D eigenvalue weighted by Gasteiger charge is -2.29. The lowest BCUT2D eigenvalue weighted by Crippen LogP contribution is -2.41. The third-order valence-electron chi connectivity index (χ3n) is 3.62. The molecule has 0 amide bonds. The Labute approximate surface area is 123 Å². The van der Waals surface area contributed by atoms with Crippen molar-refractivity contribution in [3.8, 4) is 0 Å². The molecule has 1 heterocycles. The molecule has 0 bridgehead atoms. The molecule has 1 aliphatic rings. The smallest absolute Gasteiger partial charge is 0.335 e. The van der Waals surface area contributed by atoms with Crippen LogP contribution < -0.4 is 10.5 Å². The van der Waals surface area contributed by atoms with Crippen LogP contribution in [0.3, 0.4) is 0 Å². The normalized spacial score (nSPS) is 17.6. The van der Waals surface area contributed by atoms with Crippen LogP contribution in [0.1, 0.15) is 30.1 Å². The second kappa shape index (κ2) is 5.90. The maximum atomic E-state index is 12.3. The maximum Gasteiger partial charge on any atom is 0.335 e. The summed E-state index contributed by atoms with van der Waals surface area (Å²) in [7, 11) is -3.66. The number of benzene rings is 1. The van der Waals surface area contributed by atoms with Gasteiger partial charge in [-0.2, -0.15) is 12.7 Å². The summed E-state index contributed by atoms with van der Waals surface area (Å²) in [5.41, 5.74) is 6.01. The highest BCUT2D eigenvalue weighted by molar-refractivity contribution is 7.90. The number of nitrogens with two attached hydrogens (primary N) is 1. The second-order valence-electron chi connectivity index (χ2n) is 5.30. The maximum absolute atomic E-state index is 12.3. The van der Waals surface area contributed by atoms with E-state index in [2.05, 4.69) is 11.6 Å². The van der Waals surface area contributed by atoms with Crippen molar-refractivity contribution in [3.63, 3.8) is 0 Å². The van der Waals surface area contributed by atoms with Crippen LogP contribution in [0.5, 0.6) is 0 Å². The summed E-state index contributed by atoms with van der Waals surface area (Å²) in [5, 5.41) is 8.86. The minimum Gasteiger partial charge on any atom is -0.478 e. The molecule has 1 fully saturated rings. The van der Waals surface area contributed by atoms with Gasteiger partial charge in [0.15, 0.2) is 0 Å². The van der Waals surface area contributed by atoms with Crippen molar-refractivity contribution in [1.29, 1.82) is 0 Å². The lowest BCUT2D eigenvalue weighted by atomic mass is 10.0. The quantitative estimate of drug-likeness (QED) is 0.726. The number of anilines is 2. The zero-order valence-electron chi connectivity index (χ0n) is 11.7. The Hall–Kier alpha value is -1.80. The number of rotatable bonds is 4. The number of piperidine rings is 1. The first-order chi connectivity index (χ1) is 9.79. The van der Waals surface area contributed by atoms with Gasteiger partial charge in [-0.05, 0) is 37.0 Å². The summed E-state index contributed by atoms with van der Waals surface area (Å²) < 4.78 is 28.4. The number of hydrogen-bond donors (Lipinski definition) is 3. The summed E-state index contributed by atoms with van der Waals surface area (Å²) in [6.07, 6.45) is 1.66. The van der Waals surface area contributed by atoms with Crippen LogP contribution in [0.25, 0.3) is 0 Å². The van der Waals surface area contributed by atoms with Gasteiger partial charge in [-0.1, -0.05) is 6.92 Å². The fourth-order valence-corrected chi connectivity index (χ4v) is 3.50. The Morgan fingerprint density at radius 1 is 1.38 bits per heavy atom. The zero-order chi connectivity index (χ0) is 15.6. The predicted molar refractivity (Wildman–Crippen MR) is 80.3 cm³/mol. The SMILES string of the molecule is CC1CCN(S(=O)(=O)Nc2ccc(C(=O)O)cc2N)CC1. The molecular formula is C13H19N3O4S. The molecule has 0 spiro atoms. The number of nitrogens with one attached hydrogen (secondary N) is 1. The van der Waals surface area contributed by atoms with Crippen LogP contribution in [-0.4, -0.2) is 36.9 Å². The van der Waals surface area contributed by atoms with Gasteiger partial charge in [0.25, 0.3) is 0 Å². The predicted octanol–water partition coefficient (Wildman–Crippen LogP) is 1.36. The molecule has 4 N–H and O–H groups in total. The molecule has 2 rings (SSSR count). The number of carboxylic acids is 1. The van der Waals surface area contributed by atoms with E-state index in [0.29, 0.717) is 19.0 Å². The van der Waals surface area contributed by atoms with Crippen LogP contribution >= 0.6 is 0 Å². The van der Waals surface area contributed by atoms with Crippen molar-refractivity contribution in [2.75, 3.05) is 23.5 Å². The highest BCUT2D eigenvalue weighted by Crippen LogP contribution is 2.24. The van der Waals surface area contributed by atoms with Gasteiger partial charge in [0.2, 0.25) is 0 Å². The fraction of sp³-hybridized carbons (Fsp3) is 0.462. The van der Waals surface area contributed by atoms with E-state index in [1.165, 1.54) is 22.5 Å².